The van der Waals surface area contributed by atoms with E-state index in [1.165, 1.54) is 17.0 Å². The van der Waals surface area contributed by atoms with E-state index in [1.54, 1.807) is 37.3 Å². The molecule has 3 N–H and O–H groups in total. The number of amides is 1. The summed E-state index contributed by atoms with van der Waals surface area (Å²) in [5.41, 5.74) is 0.578. The summed E-state index contributed by atoms with van der Waals surface area (Å²) in [5, 5.41) is 4.87. The SMILES string of the molecule is CC(C)NS(=O)(=O)c1ccc(NC(=O)[C@H](C)[NH+](C)Cc2cccs2)cc1. The van der Waals surface area contributed by atoms with E-state index in [0.717, 1.165) is 11.4 Å². The second-order valence-electron chi connectivity index (χ2n) is 6.61. The number of hydrogen-bond acceptors (Lipinski definition) is 4. The highest BCUT2D eigenvalue weighted by molar-refractivity contribution is 7.89. The van der Waals surface area contributed by atoms with Crippen LogP contribution in [-0.2, 0) is 21.4 Å². The van der Waals surface area contributed by atoms with E-state index in [4.69, 9.17) is 0 Å². The van der Waals surface area contributed by atoms with Crippen molar-refractivity contribution >= 4 is 33.0 Å². The summed E-state index contributed by atoms with van der Waals surface area (Å²) in [6.07, 6.45) is 0. The Labute approximate surface area is 159 Å². The first kappa shape index (κ1) is 20.6. The fourth-order valence-corrected chi connectivity index (χ4v) is 4.46. The minimum Gasteiger partial charge on any atom is -0.323 e. The van der Waals surface area contributed by atoms with Crippen molar-refractivity contribution in [2.75, 3.05) is 12.4 Å². The molecular weight excluding hydrogens is 370 g/mol. The van der Waals surface area contributed by atoms with Gasteiger partial charge in [-0.15, -0.1) is 11.3 Å². The minimum atomic E-state index is -3.53. The van der Waals surface area contributed by atoms with Gasteiger partial charge in [0, 0.05) is 11.7 Å². The molecule has 0 saturated carbocycles. The number of rotatable bonds is 8. The molecule has 6 nitrogen and oxygen atoms in total. The lowest BCUT2D eigenvalue weighted by atomic mass is 10.2. The second kappa shape index (κ2) is 8.77. The molecule has 0 aliphatic rings. The lowest BCUT2D eigenvalue weighted by Crippen LogP contribution is -3.12. The quantitative estimate of drug-likeness (QED) is 0.632. The summed E-state index contributed by atoms with van der Waals surface area (Å²) < 4.78 is 26.8. The van der Waals surface area contributed by atoms with Crippen molar-refractivity contribution in [3.8, 4) is 0 Å². The van der Waals surface area contributed by atoms with E-state index in [-0.39, 0.29) is 22.9 Å². The van der Waals surface area contributed by atoms with Crippen LogP contribution in [-0.4, -0.2) is 33.5 Å². The Hall–Kier alpha value is -1.74. The largest absolute Gasteiger partial charge is 0.323 e. The van der Waals surface area contributed by atoms with Crippen LogP contribution in [0.5, 0.6) is 0 Å². The monoisotopic (exact) mass is 396 g/mol. The molecule has 1 unspecified atom stereocenters. The first-order valence-corrected chi connectivity index (χ1v) is 10.8. The summed E-state index contributed by atoms with van der Waals surface area (Å²) in [5.74, 6) is -0.102. The molecule has 142 valence electrons. The molecule has 0 fully saturated rings. The van der Waals surface area contributed by atoms with E-state index in [9.17, 15) is 13.2 Å². The number of carbonyl (C=O) groups is 1. The average molecular weight is 397 g/mol. The zero-order chi connectivity index (χ0) is 19.3. The van der Waals surface area contributed by atoms with Gasteiger partial charge in [-0.1, -0.05) is 6.07 Å². The number of benzene rings is 1. The average Bonchev–Trinajstić information content (AvgIpc) is 3.06. The smallest absolute Gasteiger partial charge is 0.282 e. The first-order valence-electron chi connectivity index (χ1n) is 8.47. The minimum absolute atomic E-state index is 0.102. The fraction of sp³-hybridized carbons (Fsp3) is 0.389. The van der Waals surface area contributed by atoms with Crippen LogP contribution < -0.4 is 14.9 Å². The van der Waals surface area contributed by atoms with Crippen LogP contribution in [0.3, 0.4) is 0 Å². The Morgan fingerprint density at radius 2 is 1.81 bits per heavy atom. The number of thiophene rings is 1. The lowest BCUT2D eigenvalue weighted by molar-refractivity contribution is -0.907. The number of quaternary nitrogens is 1. The number of anilines is 1. The van der Waals surface area contributed by atoms with Crippen molar-refractivity contribution in [1.82, 2.24) is 4.72 Å². The van der Waals surface area contributed by atoms with Gasteiger partial charge in [0.1, 0.15) is 6.54 Å². The predicted octanol–water partition coefficient (Wildman–Crippen LogP) is 1.48. The van der Waals surface area contributed by atoms with E-state index < -0.39 is 10.0 Å². The molecule has 8 heteroatoms. The number of carbonyl (C=O) groups excluding carboxylic acids is 1. The van der Waals surface area contributed by atoms with Crippen LogP contribution in [0.4, 0.5) is 5.69 Å². The molecule has 0 aliphatic heterocycles. The molecular formula is C18H26N3O3S2+. The fourth-order valence-electron chi connectivity index (χ4n) is 2.41. The van der Waals surface area contributed by atoms with Crippen molar-refractivity contribution < 1.29 is 18.1 Å². The van der Waals surface area contributed by atoms with E-state index in [1.807, 2.05) is 25.4 Å². The Morgan fingerprint density at radius 1 is 1.15 bits per heavy atom. The summed E-state index contributed by atoms with van der Waals surface area (Å²) in [6, 6.07) is 9.85. The maximum Gasteiger partial charge on any atom is 0.282 e. The maximum absolute atomic E-state index is 12.5. The predicted molar refractivity (Wildman–Crippen MR) is 105 cm³/mol. The molecule has 2 aromatic rings. The van der Waals surface area contributed by atoms with Gasteiger partial charge in [-0.3, -0.25) is 4.79 Å². The van der Waals surface area contributed by atoms with Crippen LogP contribution in [0.15, 0.2) is 46.7 Å². The standard InChI is InChI=1S/C18H25N3O3S2/c1-13(2)20-26(23,24)17-9-7-15(8-10-17)19-18(22)14(3)21(4)12-16-6-5-11-25-16/h5-11,13-14,20H,12H2,1-4H3,(H,19,22)/p+1/t14-/m0/s1. The number of nitrogens with one attached hydrogen (secondary N) is 3. The highest BCUT2D eigenvalue weighted by atomic mass is 32.2. The van der Waals surface area contributed by atoms with E-state index in [0.29, 0.717) is 5.69 Å². The van der Waals surface area contributed by atoms with Gasteiger partial charge in [-0.05, 0) is 56.5 Å². The summed E-state index contributed by atoms with van der Waals surface area (Å²) >= 11 is 1.68. The molecule has 0 bridgehead atoms. The molecule has 26 heavy (non-hydrogen) atoms. The van der Waals surface area contributed by atoms with Gasteiger partial charge in [0.25, 0.3) is 5.91 Å². The van der Waals surface area contributed by atoms with Gasteiger partial charge in [-0.25, -0.2) is 13.1 Å². The van der Waals surface area contributed by atoms with Gasteiger partial charge in [-0.2, -0.15) is 0 Å². The molecule has 1 heterocycles. The third-order valence-corrected chi connectivity index (χ3v) is 6.54. The second-order valence-corrected chi connectivity index (χ2v) is 9.36. The number of likely N-dealkylation sites (N-methyl/N-ethyl adjacent to an activating group) is 1. The number of sulfonamides is 1. The third kappa shape index (κ3) is 5.63. The molecule has 1 aromatic heterocycles. The molecule has 0 saturated heterocycles. The Bertz CT molecular complexity index is 816. The molecule has 0 spiro atoms. The van der Waals surface area contributed by atoms with Crippen molar-refractivity contribution in [3.63, 3.8) is 0 Å². The van der Waals surface area contributed by atoms with Crippen molar-refractivity contribution in [1.29, 1.82) is 0 Å². The van der Waals surface area contributed by atoms with Gasteiger partial charge < -0.3 is 10.2 Å². The van der Waals surface area contributed by atoms with Crippen LogP contribution in [0.2, 0.25) is 0 Å². The zero-order valence-electron chi connectivity index (χ0n) is 15.4. The number of hydrogen-bond donors (Lipinski definition) is 3. The summed E-state index contributed by atoms with van der Waals surface area (Å²) in [7, 11) is -1.55. The molecule has 2 atom stereocenters. The van der Waals surface area contributed by atoms with Gasteiger partial charge in [0.2, 0.25) is 10.0 Å². The van der Waals surface area contributed by atoms with Crippen LogP contribution in [0.25, 0.3) is 0 Å². The Balaban J connectivity index is 1.98. The lowest BCUT2D eigenvalue weighted by Gasteiger charge is -2.20. The third-order valence-electron chi connectivity index (χ3n) is 3.99. The van der Waals surface area contributed by atoms with Crippen LogP contribution in [0.1, 0.15) is 25.6 Å². The van der Waals surface area contributed by atoms with Crippen molar-refractivity contribution in [2.45, 2.75) is 44.3 Å². The highest BCUT2D eigenvalue weighted by Crippen LogP contribution is 2.14. The van der Waals surface area contributed by atoms with Gasteiger partial charge in [0.05, 0.1) is 16.8 Å². The summed E-state index contributed by atoms with van der Waals surface area (Å²) in [6.45, 7) is 6.19. The van der Waals surface area contributed by atoms with Crippen LogP contribution >= 0.6 is 11.3 Å². The van der Waals surface area contributed by atoms with Gasteiger partial charge >= 0.3 is 0 Å². The van der Waals surface area contributed by atoms with Crippen LogP contribution in [0, 0.1) is 0 Å². The molecule has 1 amide bonds. The Morgan fingerprint density at radius 3 is 2.35 bits per heavy atom. The van der Waals surface area contributed by atoms with E-state index >= 15 is 0 Å². The highest BCUT2D eigenvalue weighted by Gasteiger charge is 2.22. The molecule has 0 aliphatic carbocycles. The Kier molecular flexibility index (Phi) is 6.94. The topological polar surface area (TPSA) is 79.7 Å². The maximum atomic E-state index is 12.5. The van der Waals surface area contributed by atoms with Crippen molar-refractivity contribution in [2.24, 2.45) is 0 Å². The molecule has 1 aromatic carbocycles. The first-order chi connectivity index (χ1) is 12.2. The normalized spacial score (nSPS) is 14.2. The van der Waals surface area contributed by atoms with E-state index in [2.05, 4.69) is 16.1 Å². The zero-order valence-corrected chi connectivity index (χ0v) is 17.1. The van der Waals surface area contributed by atoms with Crippen molar-refractivity contribution in [3.05, 3.63) is 46.7 Å². The molecule has 2 rings (SSSR count). The summed E-state index contributed by atoms with van der Waals surface area (Å²) in [4.78, 5) is 14.9. The molecule has 0 radical (unpaired) electrons. The van der Waals surface area contributed by atoms with Gasteiger partial charge in [0.15, 0.2) is 6.04 Å².